The molecule has 41 heavy (non-hydrogen) atoms. The molecule has 4 aromatic rings. The summed E-state index contributed by atoms with van der Waals surface area (Å²) in [7, 11) is 0. The zero-order valence-corrected chi connectivity index (χ0v) is 22.5. The number of pyridine rings is 1. The number of fused-ring (bicyclic) bond motifs is 1. The van der Waals surface area contributed by atoms with Crippen LogP contribution < -0.4 is 10.6 Å². The Hall–Kier alpha value is -4.47. The highest BCUT2D eigenvalue weighted by atomic mass is 19.4. The Balaban J connectivity index is 1.50. The molecule has 1 atom stereocenters. The second-order valence-corrected chi connectivity index (χ2v) is 9.79. The van der Waals surface area contributed by atoms with Crippen molar-refractivity contribution in [1.82, 2.24) is 15.0 Å². The van der Waals surface area contributed by atoms with Gasteiger partial charge >= 0.3 is 12.1 Å². The monoisotopic (exact) mass is 561 g/mol. The van der Waals surface area contributed by atoms with E-state index >= 15 is 0 Å². The van der Waals surface area contributed by atoms with Gasteiger partial charge < -0.3 is 15.4 Å². The number of hydrogen-bond donors (Lipinski definition) is 2. The van der Waals surface area contributed by atoms with E-state index in [0.29, 0.717) is 17.1 Å². The minimum absolute atomic E-state index is 0.124. The highest BCUT2D eigenvalue weighted by Gasteiger charge is 2.34. The number of carbonyl (C=O) groups is 1. The van der Waals surface area contributed by atoms with E-state index in [1.54, 1.807) is 13.0 Å². The lowest BCUT2D eigenvalue weighted by Crippen LogP contribution is -2.34. The van der Waals surface area contributed by atoms with Gasteiger partial charge in [-0.15, -0.1) is 0 Å². The number of carbonyl (C=O) groups excluding carboxylic acids is 1. The second-order valence-electron chi connectivity index (χ2n) is 9.79. The van der Waals surface area contributed by atoms with Crippen LogP contribution in [0.25, 0.3) is 11.3 Å². The molecule has 1 unspecified atom stereocenters. The van der Waals surface area contributed by atoms with Crippen LogP contribution in [0.3, 0.4) is 0 Å². The van der Waals surface area contributed by atoms with Gasteiger partial charge in [0, 0.05) is 23.7 Å². The van der Waals surface area contributed by atoms with Crippen molar-refractivity contribution in [1.29, 1.82) is 0 Å². The number of aryl methyl sites for hydroxylation is 1. The van der Waals surface area contributed by atoms with Crippen molar-refractivity contribution in [2.24, 2.45) is 0 Å². The number of hydrogen-bond acceptors (Lipinski definition) is 7. The fourth-order valence-electron chi connectivity index (χ4n) is 4.99. The summed E-state index contributed by atoms with van der Waals surface area (Å²) in [5.41, 5.74) is 3.86. The Kier molecular flexibility index (Phi) is 8.47. The standard InChI is InChI=1S/C31H30F3N5O2/c1-2-41-30(40)26(17-20-9-4-3-5-10-20)38-29-23(15-16-27(39-29)31(32,33)34)25-18-28(36-19-35-25)37-24-14-8-12-21-11-6-7-13-22(21)24/h3-5,8-10,12,14-16,18-19,26H,2,6-7,11,13,17H2,1H3,(H,38,39)(H,35,36,37). The van der Waals surface area contributed by atoms with Crippen molar-refractivity contribution in [2.45, 2.75) is 51.2 Å². The van der Waals surface area contributed by atoms with Crippen molar-refractivity contribution in [3.05, 3.63) is 95.4 Å². The number of aromatic nitrogens is 3. The molecule has 0 aliphatic heterocycles. The summed E-state index contributed by atoms with van der Waals surface area (Å²) in [5, 5.41) is 6.29. The first-order valence-electron chi connectivity index (χ1n) is 13.6. The van der Waals surface area contributed by atoms with E-state index in [2.05, 4.69) is 31.7 Å². The lowest BCUT2D eigenvalue weighted by molar-refractivity contribution is -0.144. The molecule has 0 amide bonds. The van der Waals surface area contributed by atoms with Gasteiger partial charge in [0.15, 0.2) is 0 Å². The first kappa shape index (κ1) is 28.1. The molecule has 10 heteroatoms. The molecular formula is C31H30F3N5O2. The van der Waals surface area contributed by atoms with E-state index in [4.69, 9.17) is 4.74 Å². The van der Waals surface area contributed by atoms with Gasteiger partial charge in [-0.25, -0.2) is 19.7 Å². The van der Waals surface area contributed by atoms with E-state index in [1.165, 1.54) is 23.5 Å². The third kappa shape index (κ3) is 6.82. The van der Waals surface area contributed by atoms with Crippen LogP contribution in [0.15, 0.2) is 73.1 Å². The van der Waals surface area contributed by atoms with Crippen molar-refractivity contribution in [3.8, 4) is 11.3 Å². The van der Waals surface area contributed by atoms with Gasteiger partial charge in [0.1, 0.15) is 29.7 Å². The van der Waals surface area contributed by atoms with Crippen LogP contribution in [0.4, 0.5) is 30.5 Å². The lowest BCUT2D eigenvalue weighted by atomic mass is 9.90. The molecule has 212 valence electrons. The minimum Gasteiger partial charge on any atom is -0.464 e. The van der Waals surface area contributed by atoms with E-state index in [9.17, 15) is 18.0 Å². The number of anilines is 3. The van der Waals surface area contributed by atoms with Gasteiger partial charge in [-0.05, 0) is 67.5 Å². The minimum atomic E-state index is -4.68. The summed E-state index contributed by atoms with van der Waals surface area (Å²) < 4.78 is 46.3. The Morgan fingerprint density at radius 2 is 1.80 bits per heavy atom. The van der Waals surface area contributed by atoms with E-state index in [1.807, 2.05) is 42.5 Å². The van der Waals surface area contributed by atoms with Crippen LogP contribution in [0, 0.1) is 0 Å². The highest BCUT2D eigenvalue weighted by molar-refractivity contribution is 5.83. The Morgan fingerprint density at radius 3 is 2.59 bits per heavy atom. The molecule has 7 nitrogen and oxygen atoms in total. The quantitative estimate of drug-likeness (QED) is 0.218. The smallest absolute Gasteiger partial charge is 0.433 e. The number of esters is 1. The van der Waals surface area contributed by atoms with Crippen molar-refractivity contribution < 1.29 is 22.7 Å². The van der Waals surface area contributed by atoms with E-state index in [-0.39, 0.29) is 18.8 Å². The average Bonchev–Trinajstić information content (AvgIpc) is 2.97. The molecule has 0 saturated carbocycles. The van der Waals surface area contributed by atoms with E-state index in [0.717, 1.165) is 43.0 Å². The molecule has 0 spiro atoms. The zero-order valence-electron chi connectivity index (χ0n) is 22.5. The number of alkyl halides is 3. The molecule has 2 aromatic carbocycles. The van der Waals surface area contributed by atoms with Crippen LogP contribution in [0.1, 0.15) is 42.1 Å². The zero-order chi connectivity index (χ0) is 28.8. The Labute approximate surface area is 236 Å². The largest absolute Gasteiger partial charge is 0.464 e. The fourth-order valence-corrected chi connectivity index (χ4v) is 4.99. The predicted molar refractivity (Wildman–Crippen MR) is 151 cm³/mol. The van der Waals surface area contributed by atoms with Crippen LogP contribution in [0.2, 0.25) is 0 Å². The highest BCUT2D eigenvalue weighted by Crippen LogP contribution is 2.35. The molecule has 0 bridgehead atoms. The van der Waals surface area contributed by atoms with Gasteiger partial charge in [0.05, 0.1) is 12.3 Å². The van der Waals surface area contributed by atoms with Gasteiger partial charge in [0.2, 0.25) is 0 Å². The van der Waals surface area contributed by atoms with Crippen molar-refractivity contribution in [2.75, 3.05) is 17.2 Å². The first-order valence-corrected chi connectivity index (χ1v) is 13.6. The van der Waals surface area contributed by atoms with Gasteiger partial charge in [-0.3, -0.25) is 0 Å². The number of halogens is 3. The molecule has 1 aliphatic carbocycles. The topological polar surface area (TPSA) is 89.0 Å². The summed E-state index contributed by atoms with van der Waals surface area (Å²) >= 11 is 0. The summed E-state index contributed by atoms with van der Waals surface area (Å²) in [6.07, 6.45) is 1.10. The van der Waals surface area contributed by atoms with Gasteiger partial charge in [0.25, 0.3) is 0 Å². The average molecular weight is 562 g/mol. The van der Waals surface area contributed by atoms with Crippen LogP contribution in [-0.2, 0) is 35.0 Å². The summed E-state index contributed by atoms with van der Waals surface area (Å²) in [6, 6.07) is 18.2. The molecule has 1 aliphatic rings. The summed E-state index contributed by atoms with van der Waals surface area (Å²) in [4.78, 5) is 25.5. The molecule has 2 aromatic heterocycles. The third-order valence-corrected chi connectivity index (χ3v) is 6.95. The Bertz CT molecular complexity index is 1510. The number of rotatable bonds is 9. The second kappa shape index (κ2) is 12.4. The molecular weight excluding hydrogens is 531 g/mol. The van der Waals surface area contributed by atoms with Crippen LogP contribution >= 0.6 is 0 Å². The molecule has 0 saturated heterocycles. The summed E-state index contributed by atoms with van der Waals surface area (Å²) in [5.74, 6) is -0.234. The fraction of sp³-hybridized carbons (Fsp3) is 0.290. The number of nitrogens with one attached hydrogen (secondary N) is 2. The Morgan fingerprint density at radius 1 is 1.00 bits per heavy atom. The van der Waals surface area contributed by atoms with Gasteiger partial charge in [-0.2, -0.15) is 13.2 Å². The van der Waals surface area contributed by atoms with E-state index < -0.39 is 23.9 Å². The predicted octanol–water partition coefficient (Wildman–Crippen LogP) is 6.77. The maximum atomic E-state index is 13.7. The number of nitrogens with zero attached hydrogens (tertiary/aromatic N) is 3. The number of ether oxygens (including phenoxy) is 1. The molecule has 2 N–H and O–H groups in total. The normalized spacial score (nSPS) is 13.7. The first-order chi connectivity index (χ1) is 19.8. The molecule has 5 rings (SSSR count). The van der Waals surface area contributed by atoms with Gasteiger partial charge in [-0.1, -0.05) is 42.5 Å². The van der Waals surface area contributed by atoms with Crippen LogP contribution in [0.5, 0.6) is 0 Å². The lowest BCUT2D eigenvalue weighted by Gasteiger charge is -2.21. The third-order valence-electron chi connectivity index (χ3n) is 6.95. The molecule has 0 radical (unpaired) electrons. The maximum absolute atomic E-state index is 13.7. The molecule has 0 fully saturated rings. The molecule has 2 heterocycles. The van der Waals surface area contributed by atoms with Crippen molar-refractivity contribution >= 4 is 23.3 Å². The number of benzene rings is 2. The summed E-state index contributed by atoms with van der Waals surface area (Å²) in [6.45, 7) is 1.80. The van der Waals surface area contributed by atoms with Crippen molar-refractivity contribution in [3.63, 3.8) is 0 Å². The van der Waals surface area contributed by atoms with Crippen LogP contribution in [-0.4, -0.2) is 33.6 Å². The SMILES string of the molecule is CCOC(=O)C(Cc1ccccc1)Nc1nc(C(F)(F)F)ccc1-c1cc(Nc2cccc3c2CCCC3)ncn1. The maximum Gasteiger partial charge on any atom is 0.433 e.